The predicted molar refractivity (Wildman–Crippen MR) is 68.0 cm³/mol. The second-order valence-electron chi connectivity index (χ2n) is 4.37. The van der Waals surface area contributed by atoms with E-state index in [1.807, 2.05) is 24.3 Å². The van der Waals surface area contributed by atoms with Gasteiger partial charge in [0.05, 0.1) is 17.0 Å². The van der Waals surface area contributed by atoms with E-state index in [4.69, 9.17) is 0 Å². The van der Waals surface area contributed by atoms with Gasteiger partial charge in [-0.15, -0.1) is 10.2 Å². The Hall–Kier alpha value is -1.76. The monoisotopic (exact) mass is 264 g/mol. The van der Waals surface area contributed by atoms with Crippen LogP contribution in [0.15, 0.2) is 24.3 Å². The maximum Gasteiger partial charge on any atom is 0.243 e. The van der Waals surface area contributed by atoms with Crippen molar-refractivity contribution in [2.45, 2.75) is 12.5 Å². The number of nitrogens with one attached hydrogen (secondary N) is 1. The molecule has 1 aliphatic heterocycles. The van der Waals surface area contributed by atoms with Crippen molar-refractivity contribution in [3.8, 4) is 0 Å². The van der Waals surface area contributed by atoms with E-state index in [-0.39, 0.29) is 17.5 Å². The molecule has 18 heavy (non-hydrogen) atoms. The molecule has 0 saturated carbocycles. The molecule has 94 valence electrons. The topological polar surface area (TPSA) is 84.8 Å². The highest BCUT2D eigenvalue weighted by Gasteiger charge is 2.28. The summed E-state index contributed by atoms with van der Waals surface area (Å²) in [6.07, 6.45) is 0.596. The molecular formula is C11H12N4O2S. The molecule has 3 rings (SSSR count). The molecule has 0 amide bonds. The summed E-state index contributed by atoms with van der Waals surface area (Å²) in [5.74, 6) is 0.755. The van der Waals surface area contributed by atoms with Gasteiger partial charge in [0, 0.05) is 6.04 Å². The van der Waals surface area contributed by atoms with Crippen molar-refractivity contribution in [1.29, 1.82) is 0 Å². The molecule has 0 spiro atoms. The molecule has 6 nitrogen and oxygen atoms in total. The summed E-state index contributed by atoms with van der Waals surface area (Å²) in [6.45, 7) is 0. The molecule has 2 aromatic rings. The van der Waals surface area contributed by atoms with Crippen LogP contribution in [0, 0.1) is 0 Å². The number of aromatic nitrogens is 3. The molecule has 2 heterocycles. The summed E-state index contributed by atoms with van der Waals surface area (Å²) < 4.78 is 22.7. The highest BCUT2D eigenvalue weighted by Crippen LogP contribution is 2.16. The first kappa shape index (κ1) is 11.3. The number of nitrogens with zero attached hydrogens (tertiary/aromatic N) is 3. The Labute approximate surface area is 104 Å². The van der Waals surface area contributed by atoms with Gasteiger partial charge in [-0.3, -0.25) is 0 Å². The molecular weight excluding hydrogens is 252 g/mol. The molecule has 1 fully saturated rings. The number of anilines is 1. The van der Waals surface area contributed by atoms with Crippen LogP contribution in [0.25, 0.3) is 11.0 Å². The lowest BCUT2D eigenvalue weighted by Gasteiger charge is -2.09. The van der Waals surface area contributed by atoms with E-state index in [2.05, 4.69) is 20.5 Å². The van der Waals surface area contributed by atoms with Gasteiger partial charge < -0.3 is 5.32 Å². The third-order valence-electron chi connectivity index (χ3n) is 2.93. The Morgan fingerprint density at radius 2 is 1.94 bits per heavy atom. The lowest BCUT2D eigenvalue weighted by molar-refractivity contribution is 0.602. The number of fused-ring (bicyclic) bond motifs is 1. The van der Waals surface area contributed by atoms with Gasteiger partial charge in [-0.25, -0.2) is 13.4 Å². The number of rotatable bonds is 2. The molecule has 0 bridgehead atoms. The summed E-state index contributed by atoms with van der Waals surface area (Å²) in [4.78, 5) is 4.31. The lowest BCUT2D eigenvalue weighted by Crippen LogP contribution is -2.22. The smallest absolute Gasteiger partial charge is 0.243 e. The maximum absolute atomic E-state index is 11.3. The van der Waals surface area contributed by atoms with Gasteiger partial charge in [0.2, 0.25) is 5.95 Å². The van der Waals surface area contributed by atoms with E-state index in [1.165, 1.54) is 0 Å². The van der Waals surface area contributed by atoms with Crippen LogP contribution >= 0.6 is 0 Å². The van der Waals surface area contributed by atoms with Crippen LogP contribution in [0.3, 0.4) is 0 Å². The number of hydrogen-bond donors (Lipinski definition) is 1. The maximum atomic E-state index is 11.3. The van der Waals surface area contributed by atoms with Crippen LogP contribution in [0.5, 0.6) is 0 Å². The SMILES string of the molecule is O=S1(=O)CCC(Nc2nnc3ccccc3n2)C1. The molecule has 1 unspecified atom stereocenters. The number of para-hydroxylation sites is 1. The molecule has 7 heteroatoms. The Kier molecular flexibility index (Phi) is 2.62. The van der Waals surface area contributed by atoms with Gasteiger partial charge in [0.1, 0.15) is 5.52 Å². The summed E-state index contributed by atoms with van der Waals surface area (Å²) >= 11 is 0. The fourth-order valence-corrected chi connectivity index (χ4v) is 3.71. The molecule has 1 atom stereocenters. The average Bonchev–Trinajstić information content (AvgIpc) is 2.68. The van der Waals surface area contributed by atoms with E-state index in [0.717, 1.165) is 11.0 Å². The highest BCUT2D eigenvalue weighted by atomic mass is 32.2. The first-order chi connectivity index (χ1) is 8.62. The zero-order valence-corrected chi connectivity index (χ0v) is 10.4. The molecule has 1 aliphatic rings. The van der Waals surface area contributed by atoms with Crippen molar-refractivity contribution < 1.29 is 8.42 Å². The van der Waals surface area contributed by atoms with Gasteiger partial charge in [0.25, 0.3) is 0 Å². The van der Waals surface area contributed by atoms with Crippen LogP contribution in [0.1, 0.15) is 6.42 Å². The first-order valence-corrected chi connectivity index (χ1v) is 7.51. The molecule has 0 aliphatic carbocycles. The van der Waals surface area contributed by atoms with Gasteiger partial charge in [-0.2, -0.15) is 0 Å². The molecule has 1 N–H and O–H groups in total. The van der Waals surface area contributed by atoms with Gasteiger partial charge in [0.15, 0.2) is 9.84 Å². The van der Waals surface area contributed by atoms with E-state index < -0.39 is 9.84 Å². The van der Waals surface area contributed by atoms with Crippen molar-refractivity contribution in [3.05, 3.63) is 24.3 Å². The van der Waals surface area contributed by atoms with Crippen LogP contribution in [-0.2, 0) is 9.84 Å². The summed E-state index contributed by atoms with van der Waals surface area (Å²) in [6, 6.07) is 7.31. The summed E-state index contributed by atoms with van der Waals surface area (Å²) in [7, 11) is -2.90. The Morgan fingerprint density at radius 1 is 1.17 bits per heavy atom. The van der Waals surface area contributed by atoms with Crippen molar-refractivity contribution in [3.63, 3.8) is 0 Å². The van der Waals surface area contributed by atoms with Gasteiger partial charge >= 0.3 is 0 Å². The van der Waals surface area contributed by atoms with E-state index in [9.17, 15) is 8.42 Å². The Balaban J connectivity index is 1.83. The third-order valence-corrected chi connectivity index (χ3v) is 4.69. The van der Waals surface area contributed by atoms with E-state index >= 15 is 0 Å². The third kappa shape index (κ3) is 2.26. The molecule has 1 aromatic carbocycles. The average molecular weight is 264 g/mol. The van der Waals surface area contributed by atoms with E-state index in [1.54, 1.807) is 0 Å². The van der Waals surface area contributed by atoms with Crippen LogP contribution in [0.2, 0.25) is 0 Å². The minimum atomic E-state index is -2.90. The summed E-state index contributed by atoms with van der Waals surface area (Å²) in [5.41, 5.74) is 1.47. The van der Waals surface area contributed by atoms with Crippen LogP contribution in [-0.4, -0.2) is 41.1 Å². The first-order valence-electron chi connectivity index (χ1n) is 5.69. The van der Waals surface area contributed by atoms with Crippen LogP contribution < -0.4 is 5.32 Å². The van der Waals surface area contributed by atoms with E-state index in [0.29, 0.717) is 12.4 Å². The number of hydrogen-bond acceptors (Lipinski definition) is 6. The zero-order chi connectivity index (χ0) is 12.6. The summed E-state index contributed by atoms with van der Waals surface area (Å²) in [5, 5.41) is 11.0. The quantitative estimate of drug-likeness (QED) is 0.856. The minimum absolute atomic E-state index is 0.113. The Bertz CT molecular complexity index is 686. The van der Waals surface area contributed by atoms with Crippen molar-refractivity contribution >= 4 is 26.8 Å². The lowest BCUT2D eigenvalue weighted by atomic mass is 10.3. The predicted octanol–water partition coefficient (Wildman–Crippen LogP) is 0.624. The van der Waals surface area contributed by atoms with Crippen molar-refractivity contribution in [2.75, 3.05) is 16.8 Å². The number of sulfone groups is 1. The number of benzene rings is 1. The minimum Gasteiger partial charge on any atom is -0.349 e. The second-order valence-corrected chi connectivity index (χ2v) is 6.60. The fraction of sp³-hybridized carbons (Fsp3) is 0.364. The Morgan fingerprint density at radius 3 is 2.67 bits per heavy atom. The van der Waals surface area contributed by atoms with Gasteiger partial charge in [-0.05, 0) is 18.6 Å². The molecule has 0 radical (unpaired) electrons. The van der Waals surface area contributed by atoms with Gasteiger partial charge in [-0.1, -0.05) is 12.1 Å². The molecule has 1 saturated heterocycles. The highest BCUT2D eigenvalue weighted by molar-refractivity contribution is 7.91. The largest absolute Gasteiger partial charge is 0.349 e. The standard InChI is InChI=1S/C11H12N4O2S/c16-18(17)6-5-8(7-18)12-11-13-9-3-1-2-4-10(9)14-15-11/h1-4,8H,5-7H2,(H,12,13,15). The normalized spacial score (nSPS) is 22.1. The second kappa shape index (κ2) is 4.16. The zero-order valence-electron chi connectivity index (χ0n) is 9.57. The molecule has 1 aromatic heterocycles. The van der Waals surface area contributed by atoms with Crippen LogP contribution in [0.4, 0.5) is 5.95 Å². The van der Waals surface area contributed by atoms with Crippen molar-refractivity contribution in [2.24, 2.45) is 0 Å². The fourth-order valence-electron chi connectivity index (χ4n) is 2.03. The van der Waals surface area contributed by atoms with Crippen molar-refractivity contribution in [1.82, 2.24) is 15.2 Å².